The van der Waals surface area contributed by atoms with E-state index in [1.807, 2.05) is 0 Å². The van der Waals surface area contributed by atoms with E-state index in [0.717, 1.165) is 19.6 Å². The number of benzene rings is 1. The highest BCUT2D eigenvalue weighted by Gasteiger charge is 2.30. The molecule has 2 nitrogen and oxygen atoms in total. The summed E-state index contributed by atoms with van der Waals surface area (Å²) in [5, 5.41) is 3.66. The van der Waals surface area contributed by atoms with E-state index in [-0.39, 0.29) is 5.41 Å². The average molecular weight is 244 g/mol. The number of nitrogens with one attached hydrogen (secondary N) is 1. The summed E-state index contributed by atoms with van der Waals surface area (Å²) in [6, 6.07) is 5.45. The van der Waals surface area contributed by atoms with Crippen molar-refractivity contribution < 1.29 is 0 Å². The maximum absolute atomic E-state index is 3.66. The Labute approximate surface area is 110 Å². The van der Waals surface area contributed by atoms with E-state index in [9.17, 15) is 0 Å². The number of likely N-dealkylation sites (N-methyl/N-ethyl adjacent to an activating group) is 1. The van der Waals surface area contributed by atoms with Crippen molar-refractivity contribution in [1.82, 2.24) is 10.2 Å². The lowest BCUT2D eigenvalue weighted by atomic mass is 9.79. The Bertz CT molecular complexity index is 471. The van der Waals surface area contributed by atoms with Crippen molar-refractivity contribution in [2.24, 2.45) is 0 Å². The first-order valence-corrected chi connectivity index (χ1v) is 7.03. The van der Waals surface area contributed by atoms with Crippen LogP contribution in [0.3, 0.4) is 0 Å². The molecule has 0 aromatic heterocycles. The largest absolute Gasteiger partial charge is 0.309 e. The third kappa shape index (κ3) is 1.98. The van der Waals surface area contributed by atoms with Crippen LogP contribution in [0.4, 0.5) is 0 Å². The Morgan fingerprint density at radius 1 is 1.22 bits per heavy atom. The van der Waals surface area contributed by atoms with Gasteiger partial charge in [-0.3, -0.25) is 0 Å². The average Bonchev–Trinajstić information content (AvgIpc) is 2.27. The first-order chi connectivity index (χ1) is 8.45. The lowest BCUT2D eigenvalue weighted by Crippen LogP contribution is -2.42. The minimum absolute atomic E-state index is 0.252. The van der Waals surface area contributed by atoms with Gasteiger partial charge in [-0.05, 0) is 47.7 Å². The van der Waals surface area contributed by atoms with Crippen LogP contribution in [0.2, 0.25) is 0 Å². The van der Waals surface area contributed by atoms with Crippen molar-refractivity contribution in [1.29, 1.82) is 0 Å². The van der Waals surface area contributed by atoms with E-state index in [0.29, 0.717) is 6.04 Å². The molecule has 1 aromatic carbocycles. The fourth-order valence-electron chi connectivity index (χ4n) is 3.30. The van der Waals surface area contributed by atoms with E-state index < -0.39 is 0 Å². The normalized spacial score (nSPS) is 23.9. The first-order valence-electron chi connectivity index (χ1n) is 7.03. The SMILES string of the molecule is CN1Cc2cc(C(C)(C)C)cc3c2C(C1)NCC3. The van der Waals surface area contributed by atoms with E-state index in [1.165, 1.54) is 12.0 Å². The maximum Gasteiger partial charge on any atom is 0.0455 e. The van der Waals surface area contributed by atoms with Crippen LogP contribution >= 0.6 is 0 Å². The molecule has 0 spiro atoms. The minimum Gasteiger partial charge on any atom is -0.309 e. The lowest BCUT2D eigenvalue weighted by molar-refractivity contribution is 0.253. The Hall–Kier alpha value is -0.860. The van der Waals surface area contributed by atoms with Gasteiger partial charge in [0.1, 0.15) is 0 Å². The molecule has 0 radical (unpaired) electrons. The monoisotopic (exact) mass is 244 g/mol. The van der Waals surface area contributed by atoms with Crippen LogP contribution in [0.1, 0.15) is 49.1 Å². The Kier molecular flexibility index (Phi) is 2.76. The van der Waals surface area contributed by atoms with Gasteiger partial charge in [-0.2, -0.15) is 0 Å². The zero-order valence-corrected chi connectivity index (χ0v) is 12.0. The second-order valence-electron chi connectivity index (χ2n) is 6.91. The van der Waals surface area contributed by atoms with Gasteiger partial charge in [-0.1, -0.05) is 32.9 Å². The number of rotatable bonds is 0. The van der Waals surface area contributed by atoms with Crippen LogP contribution in [0.15, 0.2) is 12.1 Å². The number of hydrogen-bond acceptors (Lipinski definition) is 2. The van der Waals surface area contributed by atoms with Crippen LogP contribution in [0.5, 0.6) is 0 Å². The van der Waals surface area contributed by atoms with Gasteiger partial charge in [0.25, 0.3) is 0 Å². The highest BCUT2D eigenvalue weighted by Crippen LogP contribution is 2.35. The molecule has 1 unspecified atom stereocenters. The molecule has 1 atom stereocenters. The van der Waals surface area contributed by atoms with Crippen LogP contribution in [0.25, 0.3) is 0 Å². The maximum atomic E-state index is 3.66. The molecular formula is C16H24N2. The van der Waals surface area contributed by atoms with Crippen LogP contribution in [0, 0.1) is 0 Å². The molecule has 2 aliphatic rings. The molecule has 1 aromatic rings. The predicted molar refractivity (Wildman–Crippen MR) is 75.9 cm³/mol. The standard InChI is InChI=1S/C16H24N2/c1-16(2,3)13-7-11-5-6-17-14-10-18(4)9-12(8-13)15(11)14/h7-8,14,17H,5-6,9-10H2,1-4H3. The summed E-state index contributed by atoms with van der Waals surface area (Å²) >= 11 is 0. The third-order valence-electron chi connectivity index (χ3n) is 4.29. The molecule has 0 bridgehead atoms. The molecule has 1 N–H and O–H groups in total. The van der Waals surface area contributed by atoms with Gasteiger partial charge in [0.2, 0.25) is 0 Å². The summed E-state index contributed by atoms with van der Waals surface area (Å²) in [7, 11) is 2.22. The molecule has 98 valence electrons. The van der Waals surface area contributed by atoms with Gasteiger partial charge >= 0.3 is 0 Å². The molecule has 2 heteroatoms. The summed E-state index contributed by atoms with van der Waals surface area (Å²) in [6.45, 7) is 10.3. The number of hydrogen-bond donors (Lipinski definition) is 1. The fourth-order valence-corrected chi connectivity index (χ4v) is 3.30. The van der Waals surface area contributed by atoms with Gasteiger partial charge in [0.05, 0.1) is 0 Å². The summed E-state index contributed by atoms with van der Waals surface area (Å²) < 4.78 is 0. The molecule has 0 saturated heterocycles. The molecule has 0 aliphatic carbocycles. The molecule has 0 amide bonds. The Balaban J connectivity index is 2.14. The topological polar surface area (TPSA) is 15.3 Å². The van der Waals surface area contributed by atoms with Crippen LogP contribution in [-0.2, 0) is 18.4 Å². The zero-order valence-electron chi connectivity index (χ0n) is 12.0. The van der Waals surface area contributed by atoms with Crippen molar-refractivity contribution in [2.75, 3.05) is 20.1 Å². The van der Waals surface area contributed by atoms with Crippen molar-refractivity contribution >= 4 is 0 Å². The fraction of sp³-hybridized carbons (Fsp3) is 0.625. The van der Waals surface area contributed by atoms with Gasteiger partial charge in [-0.25, -0.2) is 0 Å². The van der Waals surface area contributed by atoms with Crippen molar-refractivity contribution in [3.8, 4) is 0 Å². The van der Waals surface area contributed by atoms with Crippen molar-refractivity contribution in [2.45, 2.75) is 45.2 Å². The molecule has 3 rings (SSSR count). The summed E-state index contributed by atoms with van der Waals surface area (Å²) in [5.74, 6) is 0. The molecule has 0 saturated carbocycles. The van der Waals surface area contributed by atoms with Crippen LogP contribution in [-0.4, -0.2) is 25.0 Å². The minimum atomic E-state index is 0.252. The smallest absolute Gasteiger partial charge is 0.0455 e. The quantitative estimate of drug-likeness (QED) is 0.754. The van der Waals surface area contributed by atoms with E-state index >= 15 is 0 Å². The van der Waals surface area contributed by atoms with Crippen molar-refractivity contribution in [3.63, 3.8) is 0 Å². The first kappa shape index (κ1) is 12.2. The van der Waals surface area contributed by atoms with Crippen molar-refractivity contribution in [3.05, 3.63) is 34.4 Å². The number of nitrogens with zero attached hydrogens (tertiary/aromatic N) is 1. The lowest BCUT2D eigenvalue weighted by Gasteiger charge is -2.38. The molecular weight excluding hydrogens is 220 g/mol. The van der Waals surface area contributed by atoms with E-state index in [4.69, 9.17) is 0 Å². The predicted octanol–water partition coefficient (Wildman–Crippen LogP) is 2.62. The third-order valence-corrected chi connectivity index (χ3v) is 4.29. The summed E-state index contributed by atoms with van der Waals surface area (Å²) in [4.78, 5) is 2.43. The van der Waals surface area contributed by atoms with Gasteiger partial charge in [0.15, 0.2) is 0 Å². The van der Waals surface area contributed by atoms with E-state index in [1.54, 1.807) is 16.7 Å². The highest BCUT2D eigenvalue weighted by atomic mass is 15.1. The highest BCUT2D eigenvalue weighted by molar-refractivity contribution is 5.46. The second kappa shape index (κ2) is 4.07. The van der Waals surface area contributed by atoms with E-state index in [2.05, 4.69) is 50.2 Å². The van der Waals surface area contributed by atoms with Gasteiger partial charge in [0, 0.05) is 19.1 Å². The molecule has 0 fully saturated rings. The van der Waals surface area contributed by atoms with Gasteiger partial charge in [-0.15, -0.1) is 0 Å². The molecule has 18 heavy (non-hydrogen) atoms. The molecule has 2 aliphatic heterocycles. The Morgan fingerprint density at radius 3 is 2.67 bits per heavy atom. The molecule has 2 heterocycles. The zero-order chi connectivity index (χ0) is 12.9. The summed E-state index contributed by atoms with van der Waals surface area (Å²) in [5.41, 5.74) is 6.49. The van der Waals surface area contributed by atoms with Gasteiger partial charge < -0.3 is 10.2 Å². The summed E-state index contributed by atoms with van der Waals surface area (Å²) in [6.07, 6.45) is 1.19. The Morgan fingerprint density at radius 2 is 1.94 bits per heavy atom. The second-order valence-corrected chi connectivity index (χ2v) is 6.91. The van der Waals surface area contributed by atoms with Crippen LogP contribution < -0.4 is 5.32 Å².